The molecule has 0 aliphatic carbocycles. The maximum atomic E-state index is 12.1. The van der Waals surface area contributed by atoms with Crippen LogP contribution in [0.25, 0.3) is 0 Å². The highest BCUT2D eigenvalue weighted by Gasteiger charge is 2.08. The number of carbonyl (C=O) groups is 1. The van der Waals surface area contributed by atoms with E-state index < -0.39 is 0 Å². The molecule has 2 rings (SSSR count). The fourth-order valence-electron chi connectivity index (χ4n) is 2.43. The van der Waals surface area contributed by atoms with Crippen molar-refractivity contribution in [3.63, 3.8) is 0 Å². The molecule has 0 spiro atoms. The van der Waals surface area contributed by atoms with E-state index in [9.17, 15) is 4.79 Å². The third-order valence-corrected chi connectivity index (χ3v) is 4.01. The summed E-state index contributed by atoms with van der Waals surface area (Å²) in [6.07, 6.45) is 1.32. The van der Waals surface area contributed by atoms with Crippen LogP contribution in [0.15, 0.2) is 42.5 Å². The Morgan fingerprint density at radius 1 is 1.08 bits per heavy atom. The Bertz CT molecular complexity index is 712. The number of carbonyl (C=O) groups excluding carboxylic acids is 1. The van der Waals surface area contributed by atoms with E-state index in [0.717, 1.165) is 23.3 Å². The van der Waals surface area contributed by atoms with Crippen LogP contribution in [0.1, 0.15) is 31.4 Å². The molecule has 3 N–H and O–H groups in total. The molecule has 0 radical (unpaired) electrons. The molecule has 2 aromatic rings. The molecule has 0 heterocycles. The van der Waals surface area contributed by atoms with Gasteiger partial charge in [0.15, 0.2) is 11.5 Å². The Hall–Kier alpha value is -2.69. The van der Waals surface area contributed by atoms with Gasteiger partial charge in [-0.05, 0) is 47.7 Å². The zero-order valence-corrected chi connectivity index (χ0v) is 15.7. The number of rotatable bonds is 9. The molecule has 0 bridgehead atoms. The Kier molecular flexibility index (Phi) is 7.33. The quantitative estimate of drug-likeness (QED) is 0.674. The van der Waals surface area contributed by atoms with Gasteiger partial charge >= 0.3 is 0 Å². The molecule has 0 aliphatic heterocycles. The minimum absolute atomic E-state index is 0.0361. The third-order valence-electron chi connectivity index (χ3n) is 4.01. The van der Waals surface area contributed by atoms with Crippen molar-refractivity contribution in [3.05, 3.63) is 53.6 Å². The van der Waals surface area contributed by atoms with Crippen LogP contribution in [0.4, 0.5) is 5.69 Å². The molecule has 1 amide bonds. The number of nitrogens with one attached hydrogen (secondary N) is 1. The monoisotopic (exact) mass is 356 g/mol. The predicted octanol–water partition coefficient (Wildman–Crippen LogP) is 3.56. The summed E-state index contributed by atoms with van der Waals surface area (Å²) in [5, 5.41) is 2.92. The van der Waals surface area contributed by atoms with Crippen LogP contribution in [0.5, 0.6) is 11.5 Å². The Balaban J connectivity index is 1.88. The van der Waals surface area contributed by atoms with Crippen LogP contribution >= 0.6 is 0 Å². The molecule has 0 atom stereocenters. The van der Waals surface area contributed by atoms with Gasteiger partial charge in [-0.2, -0.15) is 0 Å². The van der Waals surface area contributed by atoms with Gasteiger partial charge in [0.2, 0.25) is 5.91 Å². The van der Waals surface area contributed by atoms with Gasteiger partial charge < -0.3 is 20.5 Å². The maximum absolute atomic E-state index is 12.1. The number of nitrogens with two attached hydrogens (primary N) is 1. The molecule has 0 aromatic heterocycles. The molecule has 2 aromatic carbocycles. The number of methoxy groups -OCH3 is 1. The number of hydrogen-bond donors (Lipinski definition) is 2. The van der Waals surface area contributed by atoms with Gasteiger partial charge in [-0.1, -0.05) is 32.0 Å². The van der Waals surface area contributed by atoms with Crippen LogP contribution in [-0.4, -0.2) is 19.6 Å². The van der Waals surface area contributed by atoms with Gasteiger partial charge in [0.1, 0.15) is 0 Å². The van der Waals surface area contributed by atoms with Crippen molar-refractivity contribution >= 4 is 11.6 Å². The molecular weight excluding hydrogens is 328 g/mol. The molecule has 0 fully saturated rings. The van der Waals surface area contributed by atoms with Crippen molar-refractivity contribution in [2.24, 2.45) is 5.92 Å². The van der Waals surface area contributed by atoms with E-state index in [-0.39, 0.29) is 5.91 Å². The molecule has 140 valence electrons. The number of hydrogen-bond acceptors (Lipinski definition) is 4. The average Bonchev–Trinajstić information content (AvgIpc) is 2.62. The lowest BCUT2D eigenvalue weighted by Gasteiger charge is -2.13. The molecule has 0 saturated heterocycles. The first kappa shape index (κ1) is 19.6. The molecule has 0 unspecified atom stereocenters. The van der Waals surface area contributed by atoms with Crippen molar-refractivity contribution < 1.29 is 14.3 Å². The molecule has 26 heavy (non-hydrogen) atoms. The number of benzene rings is 2. The van der Waals surface area contributed by atoms with Gasteiger partial charge in [-0.3, -0.25) is 4.79 Å². The van der Waals surface area contributed by atoms with Crippen molar-refractivity contribution in [1.82, 2.24) is 5.32 Å². The van der Waals surface area contributed by atoms with Crippen molar-refractivity contribution in [2.45, 2.75) is 33.2 Å². The summed E-state index contributed by atoms with van der Waals surface area (Å²) < 4.78 is 11.2. The van der Waals surface area contributed by atoms with Gasteiger partial charge in [0.25, 0.3) is 0 Å². The van der Waals surface area contributed by atoms with Crippen molar-refractivity contribution in [1.29, 1.82) is 0 Å². The number of nitrogen functional groups attached to an aromatic ring is 1. The number of ether oxygens (including phenoxy) is 2. The molecular formula is C21H28N2O3. The topological polar surface area (TPSA) is 73.6 Å². The summed E-state index contributed by atoms with van der Waals surface area (Å²) in [5.41, 5.74) is 8.24. The normalized spacial score (nSPS) is 10.6. The van der Waals surface area contributed by atoms with E-state index in [1.165, 1.54) is 0 Å². The van der Waals surface area contributed by atoms with Gasteiger partial charge in [0, 0.05) is 12.2 Å². The molecule has 0 saturated carbocycles. The van der Waals surface area contributed by atoms with E-state index in [1.54, 1.807) is 19.2 Å². The zero-order chi connectivity index (χ0) is 18.9. The predicted molar refractivity (Wildman–Crippen MR) is 104 cm³/mol. The summed E-state index contributed by atoms with van der Waals surface area (Å²) in [6, 6.07) is 13.0. The second-order valence-electron chi connectivity index (χ2n) is 6.71. The van der Waals surface area contributed by atoms with Crippen LogP contribution in [-0.2, 0) is 17.8 Å². The Morgan fingerprint density at radius 3 is 2.42 bits per heavy atom. The Labute approximate surface area is 155 Å². The first-order valence-corrected chi connectivity index (χ1v) is 8.88. The van der Waals surface area contributed by atoms with Crippen LogP contribution in [0.2, 0.25) is 0 Å². The zero-order valence-electron chi connectivity index (χ0n) is 15.7. The lowest BCUT2D eigenvalue weighted by atomic mass is 10.1. The first-order chi connectivity index (χ1) is 12.5. The van der Waals surface area contributed by atoms with Crippen LogP contribution < -0.4 is 20.5 Å². The van der Waals surface area contributed by atoms with E-state index >= 15 is 0 Å². The van der Waals surface area contributed by atoms with Gasteiger partial charge in [-0.15, -0.1) is 0 Å². The van der Waals surface area contributed by atoms with E-state index in [2.05, 4.69) is 19.2 Å². The summed E-state index contributed by atoms with van der Waals surface area (Å²) >= 11 is 0. The molecule has 0 aliphatic rings. The minimum Gasteiger partial charge on any atom is -0.493 e. The third kappa shape index (κ3) is 6.31. The highest BCUT2D eigenvalue weighted by molar-refractivity contribution is 5.78. The van der Waals surface area contributed by atoms with Gasteiger partial charge in [0.05, 0.1) is 20.1 Å². The van der Waals surface area contributed by atoms with Crippen LogP contribution in [0, 0.1) is 5.92 Å². The number of anilines is 1. The SMILES string of the molecule is COc1cc(CNC(=O)Cc2ccc(N)cc2)ccc1OCCC(C)C. The second-order valence-corrected chi connectivity index (χ2v) is 6.71. The summed E-state index contributed by atoms with van der Waals surface area (Å²) in [7, 11) is 1.62. The fourth-order valence-corrected chi connectivity index (χ4v) is 2.43. The summed E-state index contributed by atoms with van der Waals surface area (Å²) in [6.45, 7) is 5.43. The van der Waals surface area contributed by atoms with Crippen molar-refractivity contribution in [2.75, 3.05) is 19.5 Å². The van der Waals surface area contributed by atoms with E-state index in [1.807, 2.05) is 30.3 Å². The molecule has 5 heteroatoms. The largest absolute Gasteiger partial charge is 0.493 e. The average molecular weight is 356 g/mol. The smallest absolute Gasteiger partial charge is 0.224 e. The van der Waals surface area contributed by atoms with E-state index in [4.69, 9.17) is 15.2 Å². The second kappa shape index (κ2) is 9.70. The van der Waals surface area contributed by atoms with Crippen LogP contribution in [0.3, 0.4) is 0 Å². The summed E-state index contributed by atoms with van der Waals surface area (Å²) in [5.74, 6) is 1.96. The van der Waals surface area contributed by atoms with Crippen molar-refractivity contribution in [3.8, 4) is 11.5 Å². The van der Waals surface area contributed by atoms with Gasteiger partial charge in [-0.25, -0.2) is 0 Å². The highest BCUT2D eigenvalue weighted by Crippen LogP contribution is 2.28. The van der Waals surface area contributed by atoms with E-state index in [0.29, 0.717) is 36.9 Å². The number of amides is 1. The first-order valence-electron chi connectivity index (χ1n) is 8.88. The minimum atomic E-state index is -0.0361. The summed E-state index contributed by atoms with van der Waals surface area (Å²) in [4.78, 5) is 12.1. The molecule has 5 nitrogen and oxygen atoms in total. The lowest BCUT2D eigenvalue weighted by Crippen LogP contribution is -2.24. The highest BCUT2D eigenvalue weighted by atomic mass is 16.5. The maximum Gasteiger partial charge on any atom is 0.224 e. The fraction of sp³-hybridized carbons (Fsp3) is 0.381. The standard InChI is InChI=1S/C21H28N2O3/c1-15(2)10-11-26-19-9-6-17(12-20(19)25-3)14-23-21(24)13-16-4-7-18(22)8-5-16/h4-9,12,15H,10-11,13-14,22H2,1-3H3,(H,23,24). The lowest BCUT2D eigenvalue weighted by molar-refractivity contribution is -0.120. The Morgan fingerprint density at radius 2 is 1.77 bits per heavy atom.